The largest absolute Gasteiger partial charge is 0.349 e. The van der Waals surface area contributed by atoms with Crippen molar-refractivity contribution < 1.29 is 9.18 Å². The fraction of sp³-hybridized carbons (Fsp3) is 0.421. The molecule has 3 aromatic heterocycles. The predicted octanol–water partition coefficient (Wildman–Crippen LogP) is 2.36. The van der Waals surface area contributed by atoms with Gasteiger partial charge in [-0.1, -0.05) is 0 Å². The summed E-state index contributed by atoms with van der Waals surface area (Å²) in [4.78, 5) is 38.7. The van der Waals surface area contributed by atoms with Crippen LogP contribution in [0.2, 0.25) is 0 Å². The van der Waals surface area contributed by atoms with E-state index in [0.29, 0.717) is 18.0 Å². The molecule has 0 N–H and O–H groups in total. The van der Waals surface area contributed by atoms with Gasteiger partial charge in [0, 0.05) is 23.9 Å². The number of carbonyl (C=O) groups is 1. The smallest absolute Gasteiger partial charge is 0.275 e. The van der Waals surface area contributed by atoms with Gasteiger partial charge in [0.05, 0.1) is 25.3 Å². The van der Waals surface area contributed by atoms with Crippen LogP contribution in [0.15, 0.2) is 20.8 Å². The molecule has 11 heteroatoms. The van der Waals surface area contributed by atoms with Crippen LogP contribution in [0.5, 0.6) is 0 Å². The van der Waals surface area contributed by atoms with E-state index in [1.54, 1.807) is 17.4 Å². The van der Waals surface area contributed by atoms with Gasteiger partial charge in [-0.15, -0.1) is 16.4 Å². The van der Waals surface area contributed by atoms with Crippen LogP contribution in [0.1, 0.15) is 33.5 Å². The Hall–Kier alpha value is -2.40. The zero-order chi connectivity index (χ0) is 21.2. The summed E-state index contributed by atoms with van der Waals surface area (Å²) in [6.45, 7) is 4.79. The number of alkyl halides is 1. The van der Waals surface area contributed by atoms with Crippen molar-refractivity contribution in [2.75, 3.05) is 24.5 Å². The Morgan fingerprint density at radius 3 is 2.80 bits per heavy atom. The Labute approximate surface area is 183 Å². The van der Waals surface area contributed by atoms with E-state index >= 15 is 0 Å². The van der Waals surface area contributed by atoms with E-state index < -0.39 is 17.1 Å². The average molecular weight is 493 g/mol. The number of hydrogen-bond donors (Lipinski definition) is 0. The van der Waals surface area contributed by atoms with Crippen LogP contribution in [-0.2, 0) is 13.0 Å². The SMILES string of the molecule is Cc1cc2nc(C(=O)N3CC(C)(F)C3)cc(=O)n2nc1N1CCc2nc(Br)sc2C1. The molecule has 1 amide bonds. The Morgan fingerprint density at radius 2 is 2.07 bits per heavy atom. The molecule has 1 saturated heterocycles. The third-order valence-electron chi connectivity index (χ3n) is 5.37. The lowest BCUT2D eigenvalue weighted by atomic mass is 9.99. The fourth-order valence-electron chi connectivity index (χ4n) is 3.94. The minimum Gasteiger partial charge on any atom is -0.349 e. The maximum Gasteiger partial charge on any atom is 0.275 e. The standard InChI is InChI=1S/C19H18BrFN6O2S/c1-10-5-14-22-12(17(29)26-8-19(2,21)9-26)6-15(28)27(14)24-16(10)25-4-3-11-13(7-25)30-18(20)23-11/h5-6H,3-4,7-9H2,1-2H3. The molecule has 5 heterocycles. The molecule has 156 valence electrons. The summed E-state index contributed by atoms with van der Waals surface area (Å²) in [7, 11) is 0. The summed E-state index contributed by atoms with van der Waals surface area (Å²) in [5.41, 5.74) is 0.455. The highest BCUT2D eigenvalue weighted by Crippen LogP contribution is 2.31. The van der Waals surface area contributed by atoms with Gasteiger partial charge in [-0.3, -0.25) is 9.59 Å². The number of carbonyl (C=O) groups excluding carboxylic acids is 1. The van der Waals surface area contributed by atoms with Gasteiger partial charge >= 0.3 is 0 Å². The van der Waals surface area contributed by atoms with Gasteiger partial charge in [0.25, 0.3) is 11.5 Å². The second kappa shape index (κ2) is 6.81. The second-order valence-corrected chi connectivity index (χ2v) is 10.3. The van der Waals surface area contributed by atoms with E-state index in [2.05, 4.69) is 35.9 Å². The summed E-state index contributed by atoms with van der Waals surface area (Å²) in [5, 5.41) is 4.54. The molecule has 0 aliphatic carbocycles. The maximum absolute atomic E-state index is 13.7. The molecule has 2 aliphatic heterocycles. The molecule has 0 atom stereocenters. The van der Waals surface area contributed by atoms with Crippen LogP contribution in [0.3, 0.4) is 0 Å². The number of halogens is 2. The van der Waals surface area contributed by atoms with E-state index in [9.17, 15) is 14.0 Å². The first-order valence-electron chi connectivity index (χ1n) is 9.49. The number of aromatic nitrogens is 4. The first-order chi connectivity index (χ1) is 14.2. The number of nitrogens with zero attached hydrogens (tertiary/aromatic N) is 6. The lowest BCUT2D eigenvalue weighted by molar-refractivity contribution is -0.00822. The monoisotopic (exact) mass is 492 g/mol. The van der Waals surface area contributed by atoms with Gasteiger partial charge < -0.3 is 9.80 Å². The van der Waals surface area contributed by atoms with E-state index in [-0.39, 0.29) is 18.8 Å². The van der Waals surface area contributed by atoms with Crippen LogP contribution in [0.25, 0.3) is 5.65 Å². The quantitative estimate of drug-likeness (QED) is 0.545. The molecular weight excluding hydrogens is 475 g/mol. The summed E-state index contributed by atoms with van der Waals surface area (Å²) >= 11 is 5.04. The molecule has 0 radical (unpaired) electrons. The van der Waals surface area contributed by atoms with Crippen molar-refractivity contribution in [2.24, 2.45) is 0 Å². The number of rotatable bonds is 2. The Balaban J connectivity index is 1.48. The van der Waals surface area contributed by atoms with Crippen molar-refractivity contribution >= 4 is 44.6 Å². The Kier molecular flexibility index (Phi) is 4.44. The van der Waals surface area contributed by atoms with Gasteiger partial charge in [0.15, 0.2) is 15.4 Å². The maximum atomic E-state index is 13.7. The van der Waals surface area contributed by atoms with Gasteiger partial charge in [-0.05, 0) is 41.4 Å². The first kappa shape index (κ1) is 19.6. The summed E-state index contributed by atoms with van der Waals surface area (Å²) in [5.74, 6) is 0.266. The molecule has 0 spiro atoms. The molecule has 0 saturated carbocycles. The molecular formula is C19H18BrFN6O2S. The summed E-state index contributed by atoms with van der Waals surface area (Å²) in [6.07, 6.45) is 0.806. The number of likely N-dealkylation sites (tertiary alicyclic amines) is 1. The van der Waals surface area contributed by atoms with Crippen LogP contribution < -0.4 is 10.5 Å². The molecule has 5 rings (SSSR count). The van der Waals surface area contributed by atoms with Gasteiger partial charge in [-0.25, -0.2) is 14.4 Å². The number of hydrogen-bond acceptors (Lipinski definition) is 7. The molecule has 2 aliphatic rings. The minimum atomic E-state index is -1.38. The molecule has 0 bridgehead atoms. The third-order valence-corrected chi connectivity index (χ3v) is 6.90. The molecule has 1 fully saturated rings. The topological polar surface area (TPSA) is 83.7 Å². The predicted molar refractivity (Wildman–Crippen MR) is 114 cm³/mol. The van der Waals surface area contributed by atoms with E-state index in [1.807, 2.05) is 6.92 Å². The number of amides is 1. The highest BCUT2D eigenvalue weighted by atomic mass is 79.9. The average Bonchev–Trinajstić information content (AvgIpc) is 3.04. The highest BCUT2D eigenvalue weighted by molar-refractivity contribution is 9.11. The van der Waals surface area contributed by atoms with Crippen molar-refractivity contribution in [1.82, 2.24) is 24.5 Å². The van der Waals surface area contributed by atoms with Crippen LogP contribution in [-0.4, -0.2) is 55.7 Å². The van der Waals surface area contributed by atoms with Crippen LogP contribution >= 0.6 is 27.3 Å². The van der Waals surface area contributed by atoms with E-state index in [0.717, 1.165) is 28.1 Å². The van der Waals surface area contributed by atoms with Crippen molar-refractivity contribution in [3.05, 3.63) is 48.2 Å². The van der Waals surface area contributed by atoms with Crippen molar-refractivity contribution in [3.8, 4) is 0 Å². The zero-order valence-electron chi connectivity index (χ0n) is 16.4. The minimum absolute atomic E-state index is 0.00768. The van der Waals surface area contributed by atoms with Crippen molar-refractivity contribution in [2.45, 2.75) is 32.5 Å². The lowest BCUT2D eigenvalue weighted by Gasteiger charge is -2.41. The zero-order valence-corrected chi connectivity index (χ0v) is 18.8. The van der Waals surface area contributed by atoms with E-state index in [1.165, 1.54) is 27.3 Å². The Bertz CT molecular complexity index is 1250. The van der Waals surface area contributed by atoms with Gasteiger partial charge in [0.1, 0.15) is 11.4 Å². The third kappa shape index (κ3) is 3.29. The number of anilines is 1. The van der Waals surface area contributed by atoms with E-state index in [4.69, 9.17) is 0 Å². The molecule has 0 aromatic carbocycles. The lowest BCUT2D eigenvalue weighted by Crippen LogP contribution is -2.59. The highest BCUT2D eigenvalue weighted by Gasteiger charge is 2.42. The van der Waals surface area contributed by atoms with Crippen molar-refractivity contribution in [3.63, 3.8) is 0 Å². The number of aryl methyl sites for hydroxylation is 1. The molecule has 30 heavy (non-hydrogen) atoms. The molecule has 3 aromatic rings. The summed E-state index contributed by atoms with van der Waals surface area (Å²) in [6, 6.07) is 2.93. The number of thiazole rings is 1. The van der Waals surface area contributed by atoms with Crippen LogP contribution in [0.4, 0.5) is 10.2 Å². The first-order valence-corrected chi connectivity index (χ1v) is 11.1. The fourth-order valence-corrected chi connectivity index (χ4v) is 5.59. The molecule has 0 unspecified atom stereocenters. The number of fused-ring (bicyclic) bond motifs is 2. The van der Waals surface area contributed by atoms with Gasteiger partial charge in [-0.2, -0.15) is 4.52 Å². The normalized spacial score (nSPS) is 17.7. The Morgan fingerprint density at radius 1 is 1.30 bits per heavy atom. The van der Waals surface area contributed by atoms with Crippen LogP contribution in [0, 0.1) is 6.92 Å². The second-order valence-electron chi connectivity index (χ2n) is 7.98. The summed E-state index contributed by atoms with van der Waals surface area (Å²) < 4.78 is 15.8. The van der Waals surface area contributed by atoms with Gasteiger partial charge in [0.2, 0.25) is 0 Å². The van der Waals surface area contributed by atoms with Crippen molar-refractivity contribution in [1.29, 1.82) is 0 Å². The molecule has 8 nitrogen and oxygen atoms in total.